The van der Waals surface area contributed by atoms with Gasteiger partial charge in [0.05, 0.1) is 39.0 Å². The Morgan fingerprint density at radius 1 is 0.833 bits per heavy atom. The van der Waals surface area contributed by atoms with Crippen molar-refractivity contribution in [2.75, 3.05) is 45.8 Å². The van der Waals surface area contributed by atoms with Crippen LogP contribution < -0.4 is 28.6 Å². The van der Waals surface area contributed by atoms with Gasteiger partial charge in [0.2, 0.25) is 11.8 Å². The van der Waals surface area contributed by atoms with E-state index in [4.69, 9.17) is 18.9 Å². The maximum absolute atomic E-state index is 14.3. The Kier molecular flexibility index (Phi) is 11.0. The highest BCUT2D eigenvalue weighted by Gasteiger charge is 2.34. The number of amides is 2. The molecule has 3 aromatic rings. The molecule has 42 heavy (non-hydrogen) atoms. The summed E-state index contributed by atoms with van der Waals surface area (Å²) in [5.74, 6) is 0.101. The Balaban J connectivity index is 2.16. The molecule has 0 aliphatic carbocycles. The average Bonchev–Trinajstić information content (AvgIpc) is 3.01. The molecule has 12 heteroatoms. The summed E-state index contributed by atoms with van der Waals surface area (Å²) in [5, 5.41) is 2.74. The standard InChI is InChI=1S/C30H37N3O8S/c1-7-31-30(35)21(2)32(19-22-11-9-8-10-12-22)29(34)20-33(25-17-23(38-3)13-15-26(25)39-4)42(36,37)24-14-16-27(40-5)28(18-24)41-6/h8-18,21H,7,19-20H2,1-6H3,(H,31,35)/t21-/m1/s1. The lowest BCUT2D eigenvalue weighted by Crippen LogP contribution is -2.51. The summed E-state index contributed by atoms with van der Waals surface area (Å²) in [7, 11) is 1.26. The number of carbonyl (C=O) groups excluding carboxylic acids is 2. The van der Waals surface area contributed by atoms with Crippen molar-refractivity contribution < 1.29 is 37.0 Å². The van der Waals surface area contributed by atoms with E-state index in [1.807, 2.05) is 30.3 Å². The molecular formula is C30H37N3O8S. The third kappa shape index (κ3) is 7.24. The number of sulfonamides is 1. The average molecular weight is 600 g/mol. The largest absolute Gasteiger partial charge is 0.497 e. The monoisotopic (exact) mass is 599 g/mol. The van der Waals surface area contributed by atoms with Gasteiger partial charge in [0.25, 0.3) is 10.0 Å². The van der Waals surface area contributed by atoms with E-state index in [-0.39, 0.29) is 34.5 Å². The van der Waals surface area contributed by atoms with Gasteiger partial charge in [-0.1, -0.05) is 30.3 Å². The number of carbonyl (C=O) groups is 2. The predicted octanol–water partition coefficient (Wildman–Crippen LogP) is 3.47. The van der Waals surface area contributed by atoms with Gasteiger partial charge in [-0.25, -0.2) is 8.42 Å². The van der Waals surface area contributed by atoms with Crippen LogP contribution in [0.15, 0.2) is 71.6 Å². The third-order valence-corrected chi connectivity index (χ3v) is 8.35. The Morgan fingerprint density at radius 2 is 1.48 bits per heavy atom. The van der Waals surface area contributed by atoms with Gasteiger partial charge in [0.15, 0.2) is 11.5 Å². The van der Waals surface area contributed by atoms with Crippen LogP contribution in [0.1, 0.15) is 19.4 Å². The first-order chi connectivity index (χ1) is 20.1. The fourth-order valence-electron chi connectivity index (χ4n) is 4.29. The fourth-order valence-corrected chi connectivity index (χ4v) is 5.73. The van der Waals surface area contributed by atoms with Crippen molar-refractivity contribution in [2.24, 2.45) is 0 Å². The van der Waals surface area contributed by atoms with Crippen LogP contribution in [0, 0.1) is 0 Å². The van der Waals surface area contributed by atoms with Crippen molar-refractivity contribution in [3.63, 3.8) is 0 Å². The van der Waals surface area contributed by atoms with Gasteiger partial charge in [0.1, 0.15) is 24.1 Å². The molecule has 3 aromatic carbocycles. The number of nitrogens with one attached hydrogen (secondary N) is 1. The summed E-state index contributed by atoms with van der Waals surface area (Å²) >= 11 is 0. The molecule has 0 aromatic heterocycles. The van der Waals surface area contributed by atoms with Gasteiger partial charge in [-0.15, -0.1) is 0 Å². The summed E-state index contributed by atoms with van der Waals surface area (Å²) in [6, 6.07) is 17.0. The highest BCUT2D eigenvalue weighted by Crippen LogP contribution is 2.37. The Morgan fingerprint density at radius 3 is 2.07 bits per heavy atom. The molecule has 0 unspecified atom stereocenters. The molecule has 0 bridgehead atoms. The first-order valence-electron chi connectivity index (χ1n) is 13.2. The van der Waals surface area contributed by atoms with E-state index in [9.17, 15) is 18.0 Å². The van der Waals surface area contributed by atoms with Crippen molar-refractivity contribution in [1.82, 2.24) is 10.2 Å². The zero-order valence-electron chi connectivity index (χ0n) is 24.6. The molecule has 0 heterocycles. The number of likely N-dealkylation sites (N-methyl/N-ethyl adjacent to an activating group) is 1. The van der Waals surface area contributed by atoms with E-state index in [1.165, 1.54) is 57.6 Å². The highest BCUT2D eigenvalue weighted by molar-refractivity contribution is 7.92. The molecular weight excluding hydrogens is 562 g/mol. The number of hydrogen-bond donors (Lipinski definition) is 1. The van der Waals surface area contributed by atoms with E-state index >= 15 is 0 Å². The van der Waals surface area contributed by atoms with Crippen molar-refractivity contribution in [1.29, 1.82) is 0 Å². The SMILES string of the molecule is CCNC(=O)[C@@H](C)N(Cc1ccccc1)C(=O)CN(c1cc(OC)ccc1OC)S(=O)(=O)c1ccc(OC)c(OC)c1. The summed E-state index contributed by atoms with van der Waals surface area (Å²) in [5.41, 5.74) is 0.848. The lowest BCUT2D eigenvalue weighted by Gasteiger charge is -2.32. The molecule has 11 nitrogen and oxygen atoms in total. The first kappa shape index (κ1) is 32.1. The van der Waals surface area contributed by atoms with Crippen LogP contribution in [0.5, 0.6) is 23.0 Å². The number of methoxy groups -OCH3 is 4. The van der Waals surface area contributed by atoms with Crippen LogP contribution in [0.3, 0.4) is 0 Å². The summed E-state index contributed by atoms with van der Waals surface area (Å²) in [4.78, 5) is 28.1. The van der Waals surface area contributed by atoms with E-state index in [2.05, 4.69) is 5.32 Å². The van der Waals surface area contributed by atoms with E-state index in [0.29, 0.717) is 18.0 Å². The fraction of sp³-hybridized carbons (Fsp3) is 0.333. The normalized spacial score (nSPS) is 11.7. The summed E-state index contributed by atoms with van der Waals surface area (Å²) in [6.45, 7) is 3.19. The number of rotatable bonds is 14. The Hall–Kier alpha value is -4.45. The minimum absolute atomic E-state index is 0.0744. The molecule has 0 radical (unpaired) electrons. The van der Waals surface area contributed by atoms with Gasteiger partial charge in [-0.3, -0.25) is 13.9 Å². The topological polar surface area (TPSA) is 124 Å². The molecule has 3 rings (SSSR count). The highest BCUT2D eigenvalue weighted by atomic mass is 32.2. The number of nitrogens with zero attached hydrogens (tertiary/aromatic N) is 2. The van der Waals surface area contributed by atoms with Crippen LogP contribution in [-0.2, 0) is 26.2 Å². The Bertz CT molecular complexity index is 1480. The van der Waals surface area contributed by atoms with Gasteiger partial charge in [-0.05, 0) is 43.7 Å². The Labute approximate surface area is 247 Å². The van der Waals surface area contributed by atoms with Gasteiger partial charge < -0.3 is 29.2 Å². The molecule has 0 aliphatic heterocycles. The molecule has 0 saturated heterocycles. The third-order valence-electron chi connectivity index (χ3n) is 6.59. The van der Waals surface area contributed by atoms with Crippen LogP contribution in [0.4, 0.5) is 5.69 Å². The second kappa shape index (κ2) is 14.4. The molecule has 0 fully saturated rings. The number of benzene rings is 3. The van der Waals surface area contributed by atoms with Crippen molar-refractivity contribution in [3.05, 3.63) is 72.3 Å². The van der Waals surface area contributed by atoms with Crippen molar-refractivity contribution >= 4 is 27.5 Å². The van der Waals surface area contributed by atoms with Crippen molar-refractivity contribution in [3.8, 4) is 23.0 Å². The molecule has 1 atom stereocenters. The molecule has 226 valence electrons. The lowest BCUT2D eigenvalue weighted by atomic mass is 10.1. The van der Waals surface area contributed by atoms with Crippen LogP contribution in [0.2, 0.25) is 0 Å². The molecule has 2 amide bonds. The number of hydrogen-bond acceptors (Lipinski definition) is 8. The number of ether oxygens (including phenoxy) is 4. The maximum atomic E-state index is 14.3. The number of anilines is 1. The summed E-state index contributed by atoms with van der Waals surface area (Å²) < 4.78 is 50.9. The molecule has 0 saturated carbocycles. The van der Waals surface area contributed by atoms with Gasteiger partial charge >= 0.3 is 0 Å². The predicted molar refractivity (Wildman–Crippen MR) is 159 cm³/mol. The second-order valence-electron chi connectivity index (χ2n) is 9.14. The van der Waals surface area contributed by atoms with Crippen LogP contribution >= 0.6 is 0 Å². The quantitative estimate of drug-likeness (QED) is 0.299. The van der Waals surface area contributed by atoms with Gasteiger partial charge in [-0.2, -0.15) is 0 Å². The minimum atomic E-state index is -4.41. The zero-order chi connectivity index (χ0) is 30.9. The van der Waals surface area contributed by atoms with E-state index in [0.717, 1.165) is 9.87 Å². The smallest absolute Gasteiger partial charge is 0.265 e. The molecule has 0 spiro atoms. The van der Waals surface area contributed by atoms with E-state index in [1.54, 1.807) is 26.0 Å². The van der Waals surface area contributed by atoms with E-state index < -0.39 is 28.5 Å². The van der Waals surface area contributed by atoms with Crippen LogP contribution in [-0.4, -0.2) is 72.7 Å². The van der Waals surface area contributed by atoms with Crippen LogP contribution in [0.25, 0.3) is 0 Å². The molecule has 0 aliphatic rings. The summed E-state index contributed by atoms with van der Waals surface area (Å²) in [6.07, 6.45) is 0. The molecule has 1 N–H and O–H groups in total. The van der Waals surface area contributed by atoms with Gasteiger partial charge in [0, 0.05) is 25.2 Å². The maximum Gasteiger partial charge on any atom is 0.265 e. The zero-order valence-corrected chi connectivity index (χ0v) is 25.4. The van der Waals surface area contributed by atoms with Crippen molar-refractivity contribution in [2.45, 2.75) is 31.3 Å². The first-order valence-corrected chi connectivity index (χ1v) is 14.6. The second-order valence-corrected chi connectivity index (χ2v) is 11.0. The minimum Gasteiger partial charge on any atom is -0.497 e. The lowest BCUT2D eigenvalue weighted by molar-refractivity contribution is -0.139.